The summed E-state index contributed by atoms with van der Waals surface area (Å²) >= 11 is 5.74. The third kappa shape index (κ3) is 4.21. The van der Waals surface area contributed by atoms with Gasteiger partial charge in [-0.25, -0.2) is 9.18 Å². The number of carboxylic acids is 1. The number of carboxylic acid groups (broad SMARTS) is 1. The van der Waals surface area contributed by atoms with Gasteiger partial charge in [-0.1, -0.05) is 31.5 Å². The van der Waals surface area contributed by atoms with Gasteiger partial charge in [-0.2, -0.15) is 0 Å². The Morgan fingerprint density at radius 1 is 1.42 bits per heavy atom. The molecule has 1 aromatic rings. The number of carbonyl (C=O) groups is 2. The Balaban J connectivity index is 2.91. The lowest BCUT2D eigenvalue weighted by molar-refractivity contribution is -0.139. The minimum Gasteiger partial charge on any atom is -0.480 e. The lowest BCUT2D eigenvalue weighted by Gasteiger charge is -2.17. The SMILES string of the molecule is CC(C)C[C@@H](NC(=O)c1c(F)cccc1Cl)C(=O)O. The minimum atomic E-state index is -1.16. The second-order valence-electron chi connectivity index (χ2n) is 4.59. The molecule has 1 rings (SSSR count). The average Bonchev–Trinajstić information content (AvgIpc) is 2.27. The first-order valence-corrected chi connectivity index (χ1v) is 6.18. The van der Waals surface area contributed by atoms with Crippen molar-refractivity contribution in [3.05, 3.63) is 34.6 Å². The van der Waals surface area contributed by atoms with E-state index in [1.807, 2.05) is 13.8 Å². The molecule has 6 heteroatoms. The Morgan fingerprint density at radius 2 is 2.05 bits per heavy atom. The number of carbonyl (C=O) groups excluding carboxylic acids is 1. The third-order valence-electron chi connectivity index (χ3n) is 2.50. The fourth-order valence-corrected chi connectivity index (χ4v) is 1.89. The normalized spacial score (nSPS) is 12.3. The van der Waals surface area contributed by atoms with E-state index < -0.39 is 23.7 Å². The highest BCUT2D eigenvalue weighted by Gasteiger charge is 2.24. The van der Waals surface area contributed by atoms with Crippen LogP contribution in [0.1, 0.15) is 30.6 Å². The fourth-order valence-electron chi connectivity index (χ4n) is 1.64. The lowest BCUT2D eigenvalue weighted by Crippen LogP contribution is -2.42. The molecule has 0 saturated heterocycles. The molecule has 1 atom stereocenters. The molecule has 0 heterocycles. The average molecular weight is 288 g/mol. The van der Waals surface area contributed by atoms with Crippen LogP contribution in [0.25, 0.3) is 0 Å². The summed E-state index contributed by atoms with van der Waals surface area (Å²) < 4.78 is 13.5. The molecular weight excluding hydrogens is 273 g/mol. The van der Waals surface area contributed by atoms with Crippen molar-refractivity contribution in [2.75, 3.05) is 0 Å². The molecule has 19 heavy (non-hydrogen) atoms. The van der Waals surface area contributed by atoms with Crippen LogP contribution in [-0.4, -0.2) is 23.0 Å². The zero-order chi connectivity index (χ0) is 14.6. The maximum atomic E-state index is 13.5. The van der Waals surface area contributed by atoms with Gasteiger partial charge >= 0.3 is 5.97 Å². The lowest BCUT2D eigenvalue weighted by atomic mass is 10.0. The Bertz CT molecular complexity index is 471. The van der Waals surface area contributed by atoms with Crippen molar-refractivity contribution in [3.8, 4) is 0 Å². The van der Waals surface area contributed by atoms with Crippen LogP contribution in [0.2, 0.25) is 5.02 Å². The highest BCUT2D eigenvalue weighted by atomic mass is 35.5. The Labute approximate surface area is 115 Å². The van der Waals surface area contributed by atoms with Gasteiger partial charge in [-0.05, 0) is 24.5 Å². The van der Waals surface area contributed by atoms with Crippen molar-refractivity contribution in [1.29, 1.82) is 0 Å². The van der Waals surface area contributed by atoms with Crippen LogP contribution in [0.5, 0.6) is 0 Å². The Morgan fingerprint density at radius 3 is 2.53 bits per heavy atom. The first-order valence-electron chi connectivity index (χ1n) is 5.80. The van der Waals surface area contributed by atoms with Gasteiger partial charge in [0.25, 0.3) is 5.91 Å². The predicted octanol–water partition coefficient (Wildman–Crippen LogP) is 2.71. The molecule has 0 bridgehead atoms. The van der Waals surface area contributed by atoms with E-state index in [1.165, 1.54) is 12.1 Å². The maximum Gasteiger partial charge on any atom is 0.326 e. The first-order chi connectivity index (χ1) is 8.82. The zero-order valence-electron chi connectivity index (χ0n) is 10.6. The molecule has 0 fully saturated rings. The van der Waals surface area contributed by atoms with Crippen LogP contribution in [0, 0.1) is 11.7 Å². The number of hydrogen-bond donors (Lipinski definition) is 2. The number of nitrogens with one attached hydrogen (secondary N) is 1. The number of halogens is 2. The molecular formula is C13H15ClFNO3. The standard InChI is InChI=1S/C13H15ClFNO3/c1-7(2)6-10(13(18)19)16-12(17)11-8(14)4-3-5-9(11)15/h3-5,7,10H,6H2,1-2H3,(H,16,17)(H,18,19)/t10-/m1/s1. The summed E-state index contributed by atoms with van der Waals surface area (Å²) in [5, 5.41) is 11.2. The summed E-state index contributed by atoms with van der Waals surface area (Å²) in [6, 6.07) is 2.77. The zero-order valence-corrected chi connectivity index (χ0v) is 11.4. The van der Waals surface area contributed by atoms with Crippen LogP contribution in [0.4, 0.5) is 4.39 Å². The number of benzene rings is 1. The molecule has 0 radical (unpaired) electrons. The highest BCUT2D eigenvalue weighted by Crippen LogP contribution is 2.19. The van der Waals surface area contributed by atoms with Gasteiger partial charge in [-0.15, -0.1) is 0 Å². The first kappa shape index (κ1) is 15.4. The fraction of sp³-hybridized carbons (Fsp3) is 0.385. The molecule has 2 N–H and O–H groups in total. The van der Waals surface area contributed by atoms with Crippen molar-refractivity contribution in [3.63, 3.8) is 0 Å². The molecule has 0 aliphatic rings. The molecule has 0 spiro atoms. The molecule has 0 aliphatic carbocycles. The van der Waals surface area contributed by atoms with E-state index in [1.54, 1.807) is 0 Å². The molecule has 4 nitrogen and oxygen atoms in total. The van der Waals surface area contributed by atoms with Gasteiger partial charge in [0.1, 0.15) is 11.9 Å². The number of amides is 1. The van der Waals surface area contributed by atoms with Gasteiger partial charge in [0.2, 0.25) is 0 Å². The van der Waals surface area contributed by atoms with Gasteiger partial charge in [-0.3, -0.25) is 4.79 Å². The second-order valence-corrected chi connectivity index (χ2v) is 5.00. The monoisotopic (exact) mass is 287 g/mol. The topological polar surface area (TPSA) is 66.4 Å². The summed E-state index contributed by atoms with van der Waals surface area (Å²) in [6.07, 6.45) is 0.257. The van der Waals surface area contributed by atoms with E-state index in [0.717, 1.165) is 6.07 Å². The maximum absolute atomic E-state index is 13.5. The van der Waals surface area contributed by atoms with Crippen molar-refractivity contribution >= 4 is 23.5 Å². The Kier molecular flexibility index (Phi) is 5.30. The molecule has 104 valence electrons. The van der Waals surface area contributed by atoms with E-state index in [9.17, 15) is 14.0 Å². The summed E-state index contributed by atoms with van der Waals surface area (Å²) in [7, 11) is 0. The highest BCUT2D eigenvalue weighted by molar-refractivity contribution is 6.33. The van der Waals surface area contributed by atoms with Crippen molar-refractivity contribution < 1.29 is 19.1 Å². The summed E-state index contributed by atoms with van der Waals surface area (Å²) in [5.74, 6) is -2.68. The predicted molar refractivity (Wildman–Crippen MR) is 69.8 cm³/mol. The van der Waals surface area contributed by atoms with Gasteiger partial charge in [0.15, 0.2) is 0 Å². The summed E-state index contributed by atoms with van der Waals surface area (Å²) in [5.41, 5.74) is -0.334. The molecule has 0 aliphatic heterocycles. The number of rotatable bonds is 5. The molecule has 1 aromatic carbocycles. The van der Waals surface area contributed by atoms with E-state index in [4.69, 9.17) is 16.7 Å². The molecule has 0 saturated carbocycles. The van der Waals surface area contributed by atoms with E-state index >= 15 is 0 Å². The number of hydrogen-bond acceptors (Lipinski definition) is 2. The van der Waals surface area contributed by atoms with Gasteiger partial charge in [0, 0.05) is 0 Å². The largest absolute Gasteiger partial charge is 0.480 e. The van der Waals surface area contributed by atoms with E-state index in [0.29, 0.717) is 0 Å². The Hall–Kier alpha value is -1.62. The molecule has 0 aromatic heterocycles. The summed E-state index contributed by atoms with van der Waals surface area (Å²) in [6.45, 7) is 3.66. The van der Waals surface area contributed by atoms with Crippen LogP contribution in [-0.2, 0) is 4.79 Å². The van der Waals surface area contributed by atoms with E-state index in [2.05, 4.69) is 5.32 Å². The van der Waals surface area contributed by atoms with Gasteiger partial charge < -0.3 is 10.4 Å². The van der Waals surface area contributed by atoms with Crippen molar-refractivity contribution in [2.24, 2.45) is 5.92 Å². The number of aliphatic carboxylic acids is 1. The minimum absolute atomic E-state index is 0.0498. The van der Waals surface area contributed by atoms with Crippen LogP contribution in [0.15, 0.2) is 18.2 Å². The van der Waals surface area contributed by atoms with Crippen molar-refractivity contribution in [1.82, 2.24) is 5.32 Å². The molecule has 1 amide bonds. The van der Waals surface area contributed by atoms with Crippen LogP contribution >= 0.6 is 11.6 Å². The molecule has 0 unspecified atom stereocenters. The summed E-state index contributed by atoms with van der Waals surface area (Å²) in [4.78, 5) is 22.9. The quantitative estimate of drug-likeness (QED) is 0.875. The van der Waals surface area contributed by atoms with Crippen LogP contribution in [0.3, 0.4) is 0 Å². The van der Waals surface area contributed by atoms with Gasteiger partial charge in [0.05, 0.1) is 10.6 Å². The van der Waals surface area contributed by atoms with Crippen LogP contribution < -0.4 is 5.32 Å². The third-order valence-corrected chi connectivity index (χ3v) is 2.82. The van der Waals surface area contributed by atoms with Crippen molar-refractivity contribution in [2.45, 2.75) is 26.3 Å². The van der Waals surface area contributed by atoms with E-state index in [-0.39, 0.29) is 22.9 Å². The second kappa shape index (κ2) is 6.52. The smallest absolute Gasteiger partial charge is 0.326 e.